The van der Waals surface area contributed by atoms with Crippen molar-refractivity contribution in [2.24, 2.45) is 0 Å². The van der Waals surface area contributed by atoms with Crippen LogP contribution in [0.1, 0.15) is 110 Å². The molecule has 2 heterocycles. The van der Waals surface area contributed by atoms with Crippen LogP contribution in [-0.4, -0.2) is 102 Å². The molecular weight excluding hydrogens is 1300 g/mol. The van der Waals surface area contributed by atoms with Crippen LogP contribution in [0, 0.1) is 27.7 Å². The summed E-state index contributed by atoms with van der Waals surface area (Å²) >= 11 is 0. The Morgan fingerprint density at radius 2 is 0.828 bits per heavy atom. The standard InChI is InChI=1S/C20H21F2NO2.C20H20F2O3.C19H16F2O4.C18H14F2O4/c1-4-23(18-8-6-5-7-17(18)19(24)25)20(21,22)12-11-16-10-9-14(2)15(3)13-16;1-13-8-9-15(18(25-3)14(13)2)10-11-20(21,22)12-16-6-4-5-7-17(16)19(23)24;20-19(21,12-14-3-1-2-4-15(14)18(22)23)8-7-13-5-6-16-17(11-13)25-10-9-24-16;19-18(20,10-13-3-1-2-4-14(13)17(21)22)8-7-12-5-6-15-16(9-12)24-11-23-15/h5-13H,4H2,1-3H3,(H,24,25);4-11H,12H2,1-3H3,(H,23,24);1-8,11H,9-10,12H2,(H,22,23);1-9H,10-11H2,(H,21,22)/b12-11+;11-10+;2*8-7+. The number of rotatable bonds is 22. The van der Waals surface area contributed by atoms with E-state index in [1.807, 2.05) is 45.9 Å². The number of aryl methyl sites for hydroxylation is 3. The minimum Gasteiger partial charge on any atom is -0.496 e. The molecular formula is C77H71F8NO13. The number of likely N-dealkylation sites (N-methyl/N-ethyl adjacent to an activating group) is 1. The zero-order valence-corrected chi connectivity index (χ0v) is 54.6. The second-order valence-electron chi connectivity index (χ2n) is 22.7. The van der Waals surface area contributed by atoms with E-state index in [1.165, 1.54) is 104 Å². The van der Waals surface area contributed by atoms with E-state index < -0.39 is 67.0 Å². The monoisotopic (exact) mass is 1370 g/mol. The number of ether oxygens (including phenoxy) is 5. The third-order valence-electron chi connectivity index (χ3n) is 15.6. The van der Waals surface area contributed by atoms with Crippen molar-refractivity contribution in [3.05, 3.63) is 272 Å². The van der Waals surface area contributed by atoms with Gasteiger partial charge in [0.2, 0.25) is 6.79 Å². The molecule has 2 aliphatic rings. The second-order valence-corrected chi connectivity index (χ2v) is 22.7. The number of nitrogens with zero attached hydrogens (tertiary/aromatic N) is 1. The first-order valence-electron chi connectivity index (χ1n) is 30.7. The molecule has 0 saturated carbocycles. The van der Waals surface area contributed by atoms with Crippen molar-refractivity contribution in [3.63, 3.8) is 0 Å². The van der Waals surface area contributed by atoms with E-state index in [0.29, 0.717) is 64.2 Å². The number of carbonyl (C=O) groups is 4. The minimum absolute atomic E-state index is 0.00719. The molecule has 518 valence electrons. The number of carboxylic acids is 4. The van der Waals surface area contributed by atoms with Crippen LogP contribution in [0.2, 0.25) is 0 Å². The maximum absolute atomic E-state index is 14.7. The maximum atomic E-state index is 14.7. The highest BCUT2D eigenvalue weighted by molar-refractivity contribution is 5.95. The fourth-order valence-electron chi connectivity index (χ4n) is 10.2. The Bertz CT molecular complexity index is 4320. The molecule has 0 unspecified atom stereocenters. The van der Waals surface area contributed by atoms with Gasteiger partial charge in [-0.2, -0.15) is 8.78 Å². The fourth-order valence-corrected chi connectivity index (χ4v) is 10.2. The molecule has 0 saturated heterocycles. The molecule has 2 aliphatic heterocycles. The van der Waals surface area contributed by atoms with Crippen molar-refractivity contribution in [1.82, 2.24) is 0 Å². The number of carboxylic acid groups (broad SMARTS) is 4. The fraction of sp³-hybridized carbons (Fsp3) is 0.221. The van der Waals surface area contributed by atoms with Gasteiger partial charge in [-0.1, -0.05) is 127 Å². The summed E-state index contributed by atoms with van der Waals surface area (Å²) in [7, 11) is 1.50. The Morgan fingerprint density at radius 3 is 1.29 bits per heavy atom. The lowest BCUT2D eigenvalue weighted by Gasteiger charge is -2.31. The third-order valence-corrected chi connectivity index (χ3v) is 15.6. The van der Waals surface area contributed by atoms with Crippen LogP contribution < -0.4 is 28.6 Å². The van der Waals surface area contributed by atoms with Gasteiger partial charge >= 0.3 is 29.9 Å². The van der Waals surface area contributed by atoms with Gasteiger partial charge in [0.05, 0.1) is 35.1 Å². The summed E-state index contributed by atoms with van der Waals surface area (Å²) in [4.78, 5) is 45.5. The van der Waals surface area contributed by atoms with Gasteiger partial charge in [0, 0.05) is 37.4 Å². The van der Waals surface area contributed by atoms with E-state index >= 15 is 0 Å². The van der Waals surface area contributed by atoms with Gasteiger partial charge in [0.25, 0.3) is 17.8 Å². The van der Waals surface area contributed by atoms with Crippen molar-refractivity contribution in [3.8, 4) is 28.7 Å². The lowest BCUT2D eigenvalue weighted by Crippen LogP contribution is -2.40. The second kappa shape index (κ2) is 33.7. The van der Waals surface area contributed by atoms with Gasteiger partial charge in [0.1, 0.15) is 19.0 Å². The van der Waals surface area contributed by atoms with Crippen LogP contribution in [-0.2, 0) is 19.3 Å². The molecule has 99 heavy (non-hydrogen) atoms. The Morgan fingerprint density at radius 1 is 0.444 bits per heavy atom. The lowest BCUT2D eigenvalue weighted by molar-refractivity contribution is 0.0516. The average Bonchev–Trinajstić information content (AvgIpc) is 1.35. The van der Waals surface area contributed by atoms with E-state index in [2.05, 4.69) is 0 Å². The minimum atomic E-state index is -3.32. The van der Waals surface area contributed by atoms with Crippen molar-refractivity contribution in [2.75, 3.05) is 38.6 Å². The number of methoxy groups -OCH3 is 1. The summed E-state index contributed by atoms with van der Waals surface area (Å²) < 4.78 is 141. The van der Waals surface area contributed by atoms with Crippen LogP contribution in [0.25, 0.3) is 24.3 Å². The molecule has 0 radical (unpaired) electrons. The summed E-state index contributed by atoms with van der Waals surface area (Å²) in [6.07, 6.45) is 6.34. The van der Waals surface area contributed by atoms with Crippen molar-refractivity contribution in [1.29, 1.82) is 0 Å². The lowest BCUT2D eigenvalue weighted by atomic mass is 9.99. The van der Waals surface area contributed by atoms with Gasteiger partial charge in [-0.15, -0.1) is 0 Å². The topological polar surface area (TPSA) is 199 Å². The molecule has 0 amide bonds. The van der Waals surface area contributed by atoms with Crippen LogP contribution >= 0.6 is 0 Å². The van der Waals surface area contributed by atoms with E-state index in [0.717, 1.165) is 51.5 Å². The quantitative estimate of drug-likeness (QED) is 0.0369. The molecule has 14 nitrogen and oxygen atoms in total. The summed E-state index contributed by atoms with van der Waals surface area (Å²) in [5.41, 5.74) is 6.11. The number of fused-ring (bicyclic) bond motifs is 2. The maximum Gasteiger partial charge on any atom is 0.346 e. The van der Waals surface area contributed by atoms with E-state index in [9.17, 15) is 59.4 Å². The number of alkyl halides is 8. The SMILES string of the molecule is CCN(c1ccccc1C(=O)O)C(F)(F)/C=C/c1ccc(C)c(C)c1.COc1c(/C=C/C(F)(F)Cc2ccccc2C(=O)O)ccc(C)c1C.O=C(O)c1ccccc1CC(F)(F)/C=C/c1ccc2c(c1)OCCO2.O=C(O)c1ccccc1CC(F)(F)/C=C/c1ccc2c(c1)OCO2. The van der Waals surface area contributed by atoms with E-state index in [4.69, 9.17) is 39.0 Å². The first-order chi connectivity index (χ1) is 46.9. The molecule has 0 aromatic heterocycles. The summed E-state index contributed by atoms with van der Waals surface area (Å²) in [6.45, 7) is 10.2. The first-order valence-corrected chi connectivity index (χ1v) is 30.7. The predicted molar refractivity (Wildman–Crippen MR) is 362 cm³/mol. The number of anilines is 1. The molecule has 8 aromatic carbocycles. The number of hydrogen-bond acceptors (Lipinski definition) is 10. The van der Waals surface area contributed by atoms with E-state index in [1.54, 1.807) is 79.7 Å². The number of aromatic carboxylic acids is 4. The molecule has 22 heteroatoms. The van der Waals surface area contributed by atoms with Gasteiger partial charge in [0.15, 0.2) is 23.0 Å². The Hall–Kier alpha value is -11.2. The highest BCUT2D eigenvalue weighted by Gasteiger charge is 2.36. The van der Waals surface area contributed by atoms with Crippen molar-refractivity contribution < 1.29 is 98.4 Å². The predicted octanol–water partition coefficient (Wildman–Crippen LogP) is 18.1. The largest absolute Gasteiger partial charge is 0.496 e. The van der Waals surface area contributed by atoms with Gasteiger partial charge in [-0.3, -0.25) is 0 Å². The van der Waals surface area contributed by atoms with Gasteiger partial charge in [-0.25, -0.2) is 45.5 Å². The molecule has 0 atom stereocenters. The molecule has 0 spiro atoms. The number of hydrogen-bond donors (Lipinski definition) is 4. The van der Waals surface area contributed by atoms with Crippen LogP contribution in [0.15, 0.2) is 188 Å². The van der Waals surface area contributed by atoms with Crippen LogP contribution in [0.5, 0.6) is 28.7 Å². The number of allylic oxidation sites excluding steroid dienone is 3. The molecule has 0 aliphatic carbocycles. The Labute approximate surface area is 566 Å². The summed E-state index contributed by atoms with van der Waals surface area (Å²) in [5.74, 6) is -11.7. The van der Waals surface area contributed by atoms with Crippen molar-refractivity contribution >= 4 is 53.9 Å². The zero-order valence-electron chi connectivity index (χ0n) is 54.6. The smallest absolute Gasteiger partial charge is 0.346 e. The van der Waals surface area contributed by atoms with E-state index in [-0.39, 0.29) is 58.0 Å². The van der Waals surface area contributed by atoms with Crippen LogP contribution in [0.4, 0.5) is 40.8 Å². The van der Waals surface area contributed by atoms with Gasteiger partial charge < -0.3 is 49.0 Å². The number of halogens is 8. The highest BCUT2D eigenvalue weighted by atomic mass is 19.3. The third kappa shape index (κ3) is 21.4. The molecule has 10 rings (SSSR count). The molecule has 0 fully saturated rings. The summed E-state index contributed by atoms with van der Waals surface area (Å²) in [6, 6.07) is 38.7. The number of benzene rings is 8. The number of para-hydroxylation sites is 1. The van der Waals surface area contributed by atoms with Gasteiger partial charge in [-0.05, 0) is 169 Å². The van der Waals surface area contributed by atoms with Crippen LogP contribution in [0.3, 0.4) is 0 Å². The average molecular weight is 1370 g/mol. The van der Waals surface area contributed by atoms with Crippen molar-refractivity contribution in [2.45, 2.75) is 77.7 Å². The summed E-state index contributed by atoms with van der Waals surface area (Å²) in [5, 5.41) is 36.5. The Kier molecular flexibility index (Phi) is 25.6. The normalized spacial score (nSPS) is 12.7. The molecule has 4 N–H and O–H groups in total. The highest BCUT2D eigenvalue weighted by Crippen LogP contribution is 2.37. The Balaban J connectivity index is 0.000000186. The zero-order chi connectivity index (χ0) is 72.2. The molecule has 0 bridgehead atoms. The first kappa shape index (κ1) is 75.2. The molecule has 8 aromatic rings.